The zero-order chi connectivity index (χ0) is 29.5. The van der Waals surface area contributed by atoms with Gasteiger partial charge in [0.1, 0.15) is 0 Å². The molecule has 1 N–H and O–H groups in total. The largest absolute Gasteiger partial charge is 1.00 e. The Balaban J connectivity index is 0.000000415. The van der Waals surface area contributed by atoms with Gasteiger partial charge < -0.3 is 15.0 Å². The third-order valence-corrected chi connectivity index (χ3v) is 8.34. The quantitative estimate of drug-likeness (QED) is 0.217. The van der Waals surface area contributed by atoms with Gasteiger partial charge in [-0.2, -0.15) is 12.6 Å². The predicted octanol–water partition coefficient (Wildman–Crippen LogP) is 3.96. The van der Waals surface area contributed by atoms with E-state index < -0.39 is 11.6 Å². The molecule has 0 atom stereocenters. The molecule has 6 heteroatoms. The molecule has 1 aromatic heterocycles. The van der Waals surface area contributed by atoms with Crippen LogP contribution in [0.5, 0.6) is 0 Å². The minimum absolute atomic E-state index is 0. The fourth-order valence-corrected chi connectivity index (χ4v) is 5.49. The number of aryl methyl sites for hydroxylation is 3. The monoisotopic (exact) mass is 589 g/mol. The number of carbonyl (C=O) groups is 1. The van der Waals surface area contributed by atoms with Gasteiger partial charge in [-0.1, -0.05) is 72.8 Å². The fourth-order valence-electron chi connectivity index (χ4n) is 5.06. The molecular formula is C36H40NNaO3S. The number of hydrogen-bond donors (Lipinski definition) is 2. The van der Waals surface area contributed by atoms with Crippen molar-refractivity contribution in [2.24, 2.45) is 5.41 Å². The van der Waals surface area contributed by atoms with Crippen molar-refractivity contribution in [2.45, 2.75) is 64.9 Å². The summed E-state index contributed by atoms with van der Waals surface area (Å²) in [6.07, 6.45) is 9.44. The predicted molar refractivity (Wildman–Crippen MR) is 171 cm³/mol. The van der Waals surface area contributed by atoms with Crippen LogP contribution >= 0.6 is 12.6 Å². The van der Waals surface area contributed by atoms with Crippen LogP contribution in [0.25, 0.3) is 23.1 Å². The molecule has 0 spiro atoms. The number of aliphatic carboxylic acids is 1. The topological polar surface area (TPSA) is 73.2 Å². The van der Waals surface area contributed by atoms with Crippen molar-refractivity contribution in [2.75, 3.05) is 5.75 Å². The van der Waals surface area contributed by atoms with Crippen LogP contribution in [-0.4, -0.2) is 21.8 Å². The number of rotatable bonds is 10. The van der Waals surface area contributed by atoms with Crippen molar-refractivity contribution >= 4 is 41.7 Å². The first kappa shape index (κ1) is 34.1. The average molecular weight is 590 g/mol. The number of hydrogen-bond acceptors (Lipinski definition) is 5. The molecule has 3 aromatic carbocycles. The van der Waals surface area contributed by atoms with E-state index in [-0.39, 0.29) is 41.4 Å². The minimum atomic E-state index is -0.943. The summed E-state index contributed by atoms with van der Waals surface area (Å²) in [5.41, 5.74) is 7.20. The molecule has 0 saturated heterocycles. The normalized spacial score (nSPS) is 13.7. The van der Waals surface area contributed by atoms with E-state index in [4.69, 9.17) is 4.98 Å². The Morgan fingerprint density at radius 2 is 1.74 bits per heavy atom. The van der Waals surface area contributed by atoms with Gasteiger partial charge in [0.15, 0.2) is 0 Å². The van der Waals surface area contributed by atoms with Crippen LogP contribution in [-0.2, 0) is 23.2 Å². The molecule has 0 unspecified atom stereocenters. The minimum Gasteiger partial charge on any atom is -0.550 e. The molecular weight excluding hydrogens is 549 g/mol. The molecule has 0 bridgehead atoms. The second kappa shape index (κ2) is 15.4. The molecule has 214 valence electrons. The maximum absolute atomic E-state index is 10.4. The molecule has 4 nitrogen and oxygen atoms in total. The molecule has 1 fully saturated rings. The summed E-state index contributed by atoms with van der Waals surface area (Å²) in [6, 6.07) is 27.5. The number of carboxylic acid groups (broad SMARTS) is 1. The summed E-state index contributed by atoms with van der Waals surface area (Å²) in [5, 5.41) is 21.7. The van der Waals surface area contributed by atoms with Crippen molar-refractivity contribution in [3.63, 3.8) is 0 Å². The summed E-state index contributed by atoms with van der Waals surface area (Å²) in [7, 11) is 0. The third kappa shape index (κ3) is 10.1. The van der Waals surface area contributed by atoms with E-state index in [0.29, 0.717) is 5.75 Å². The van der Waals surface area contributed by atoms with Crippen molar-refractivity contribution in [3.8, 4) is 0 Å². The average Bonchev–Trinajstić information content (AvgIpc) is 3.71. The summed E-state index contributed by atoms with van der Waals surface area (Å²) in [5.74, 6) is -0.261. The molecule has 1 aliphatic carbocycles. The van der Waals surface area contributed by atoms with E-state index in [1.807, 2.05) is 26.0 Å². The second-order valence-electron chi connectivity index (χ2n) is 11.8. The zero-order valence-corrected chi connectivity index (χ0v) is 28.2. The molecule has 0 amide bonds. The Morgan fingerprint density at radius 3 is 2.40 bits per heavy atom. The number of fused-ring (bicyclic) bond motifs is 1. The van der Waals surface area contributed by atoms with Gasteiger partial charge >= 0.3 is 29.6 Å². The van der Waals surface area contributed by atoms with Gasteiger partial charge in [-0.15, -0.1) is 0 Å². The van der Waals surface area contributed by atoms with Gasteiger partial charge in [-0.3, -0.25) is 0 Å². The number of thiol groups is 1. The number of aliphatic hydroxyl groups is 1. The zero-order valence-electron chi connectivity index (χ0n) is 25.3. The Labute approximate surface area is 278 Å². The van der Waals surface area contributed by atoms with Crippen LogP contribution < -0.4 is 34.7 Å². The Kier molecular flexibility index (Phi) is 12.5. The van der Waals surface area contributed by atoms with Gasteiger partial charge in [-0.25, -0.2) is 4.98 Å². The fraction of sp³-hybridized carbons (Fsp3) is 0.333. The maximum atomic E-state index is 10.4. The molecule has 1 heterocycles. The second-order valence-corrected chi connectivity index (χ2v) is 12.1. The van der Waals surface area contributed by atoms with Crippen LogP contribution in [0.3, 0.4) is 0 Å². The molecule has 1 saturated carbocycles. The summed E-state index contributed by atoms with van der Waals surface area (Å²) < 4.78 is 0. The van der Waals surface area contributed by atoms with E-state index in [9.17, 15) is 15.0 Å². The first-order valence-electron chi connectivity index (χ1n) is 14.3. The van der Waals surface area contributed by atoms with Crippen LogP contribution in [0, 0.1) is 12.3 Å². The molecule has 1 aliphatic rings. The van der Waals surface area contributed by atoms with Crippen LogP contribution in [0.1, 0.15) is 73.0 Å². The molecule has 0 radical (unpaired) electrons. The van der Waals surface area contributed by atoms with Crippen LogP contribution in [0.2, 0.25) is 0 Å². The maximum Gasteiger partial charge on any atom is 1.00 e. The summed E-state index contributed by atoms with van der Waals surface area (Å²) >= 11 is 4.05. The molecule has 4 aromatic rings. The van der Waals surface area contributed by atoms with E-state index in [1.165, 1.54) is 27.6 Å². The summed E-state index contributed by atoms with van der Waals surface area (Å²) in [6.45, 7) is 5.80. The first-order chi connectivity index (χ1) is 19.6. The van der Waals surface area contributed by atoms with Crippen molar-refractivity contribution < 1.29 is 44.6 Å². The standard InChI is InChI=1S/C30H31NO.C6H10O2S.Na/c1-22-14-16-26-17-19-27(31-29(26)20-22)18-15-24-9-6-8-23(21-24)10-7-12-25-11-4-5-13-28(25)30(2,3)32;7-5(8)3-6(4-9)1-2-6;/h4-6,8-9,11,13-21,32H,7,10,12H2,1-3H3;9H,1-4H2,(H,7,8);/q;;+1/p-1/b18-15+;;. The van der Waals surface area contributed by atoms with E-state index >= 15 is 0 Å². The van der Waals surface area contributed by atoms with Crippen molar-refractivity contribution in [1.82, 2.24) is 4.98 Å². The summed E-state index contributed by atoms with van der Waals surface area (Å²) in [4.78, 5) is 14.8. The molecule has 5 rings (SSSR count). The van der Waals surface area contributed by atoms with Gasteiger partial charge in [0.05, 0.1) is 16.8 Å². The molecule has 42 heavy (non-hydrogen) atoms. The van der Waals surface area contributed by atoms with Gasteiger partial charge in [0, 0.05) is 11.4 Å². The smallest absolute Gasteiger partial charge is 0.550 e. The van der Waals surface area contributed by atoms with Crippen LogP contribution in [0.4, 0.5) is 0 Å². The van der Waals surface area contributed by atoms with Crippen molar-refractivity contribution in [1.29, 1.82) is 0 Å². The van der Waals surface area contributed by atoms with Crippen LogP contribution in [0.15, 0.2) is 78.9 Å². The van der Waals surface area contributed by atoms with Gasteiger partial charge in [0.2, 0.25) is 0 Å². The number of carboxylic acids is 1. The van der Waals surface area contributed by atoms with E-state index in [2.05, 4.69) is 98.4 Å². The Morgan fingerprint density at radius 1 is 1.00 bits per heavy atom. The number of benzene rings is 3. The number of nitrogens with zero attached hydrogens (tertiary/aromatic N) is 1. The number of carbonyl (C=O) groups excluding carboxylic acids is 1. The molecule has 0 aliphatic heterocycles. The van der Waals surface area contributed by atoms with Gasteiger partial charge in [-0.05, 0) is 116 Å². The first-order valence-corrected chi connectivity index (χ1v) is 15.0. The van der Waals surface area contributed by atoms with E-state index in [1.54, 1.807) is 0 Å². The number of aromatic nitrogens is 1. The third-order valence-electron chi connectivity index (χ3n) is 7.67. The SMILES string of the molecule is Cc1ccc2ccc(/C=C/c3cccc(CCCc4ccccc4C(C)(C)O)c3)nc2c1.O=C([O-])CC1(CS)CC1.[Na+]. The van der Waals surface area contributed by atoms with E-state index in [0.717, 1.165) is 48.9 Å². The van der Waals surface area contributed by atoms with Crippen molar-refractivity contribution in [3.05, 3.63) is 112 Å². The van der Waals surface area contributed by atoms with Gasteiger partial charge in [0.25, 0.3) is 0 Å². The number of pyridine rings is 1. The Hall–Kier alpha value is -2.41. The Bertz CT molecular complexity index is 1520.